The van der Waals surface area contributed by atoms with Gasteiger partial charge in [-0.05, 0) is 18.4 Å². The van der Waals surface area contributed by atoms with E-state index in [1.165, 1.54) is 0 Å². The van der Waals surface area contributed by atoms with Crippen LogP contribution in [0.5, 0.6) is 0 Å². The quantitative estimate of drug-likeness (QED) is 0.719. The summed E-state index contributed by atoms with van der Waals surface area (Å²) in [5.41, 5.74) is 0.767. The average Bonchev–Trinajstić information content (AvgIpc) is 2.56. The third-order valence-electron chi connectivity index (χ3n) is 3.24. The minimum atomic E-state index is -0.294. The maximum Gasteiger partial charge on any atom is 0.273 e. The fourth-order valence-corrected chi connectivity index (χ4v) is 2.70. The molecule has 23 heavy (non-hydrogen) atoms. The smallest absolute Gasteiger partial charge is 0.273 e. The van der Waals surface area contributed by atoms with E-state index < -0.39 is 0 Å². The molecule has 0 aliphatic rings. The van der Waals surface area contributed by atoms with E-state index >= 15 is 0 Å². The molecule has 2 N–H and O–H groups in total. The van der Waals surface area contributed by atoms with E-state index in [2.05, 4.69) is 20.5 Å². The summed E-state index contributed by atoms with van der Waals surface area (Å²) >= 11 is 1.13. The molecule has 0 aliphatic carbocycles. The summed E-state index contributed by atoms with van der Waals surface area (Å²) in [7, 11) is 0. The number of rotatable bonds is 4. The first-order valence-electron chi connectivity index (χ1n) is 6.97. The maximum absolute atomic E-state index is 12.1. The first kappa shape index (κ1) is 15.2. The molecule has 7 heteroatoms. The summed E-state index contributed by atoms with van der Waals surface area (Å²) in [5.74, 6) is -0.0359. The second-order valence-electron chi connectivity index (χ2n) is 4.91. The molecule has 0 saturated carbocycles. The molecule has 3 aromatic rings. The van der Waals surface area contributed by atoms with Gasteiger partial charge in [0.1, 0.15) is 5.69 Å². The number of nitrogens with one attached hydrogen (secondary N) is 2. The van der Waals surface area contributed by atoms with Gasteiger partial charge >= 0.3 is 0 Å². The summed E-state index contributed by atoms with van der Waals surface area (Å²) in [6.07, 6.45) is 0. The molecule has 1 amide bonds. The van der Waals surface area contributed by atoms with Gasteiger partial charge < -0.3 is 5.32 Å². The molecular formula is C16H14N4O2S. The molecule has 0 saturated heterocycles. The van der Waals surface area contributed by atoms with Crippen molar-refractivity contribution >= 4 is 34.1 Å². The summed E-state index contributed by atoms with van der Waals surface area (Å²) < 4.78 is 0. The number of anilines is 1. The predicted molar refractivity (Wildman–Crippen MR) is 90.7 cm³/mol. The number of H-pyrrole nitrogens is 1. The lowest BCUT2D eigenvalue weighted by atomic mass is 10.1. The number of fused-ring (bicyclic) bond motifs is 1. The fraction of sp³-hybridized carbons (Fsp3) is 0.125. The first-order chi connectivity index (χ1) is 11.1. The number of nitrogens with zero attached hydrogens (tertiary/aromatic N) is 2. The number of carbonyl (C=O) groups is 1. The van der Waals surface area contributed by atoms with Gasteiger partial charge in [0.25, 0.3) is 5.56 Å². The molecule has 6 nitrogen and oxygen atoms in total. The fourth-order valence-electron chi connectivity index (χ4n) is 2.10. The second kappa shape index (κ2) is 6.62. The Hall–Kier alpha value is -2.67. The lowest BCUT2D eigenvalue weighted by Crippen LogP contribution is -2.17. The van der Waals surface area contributed by atoms with Crippen LogP contribution in [0.4, 0.5) is 5.69 Å². The zero-order valence-corrected chi connectivity index (χ0v) is 13.2. The number of aromatic amines is 1. The summed E-state index contributed by atoms with van der Waals surface area (Å²) in [6.45, 7) is 1.58. The van der Waals surface area contributed by atoms with Crippen molar-refractivity contribution < 1.29 is 4.79 Å². The molecular weight excluding hydrogens is 312 g/mol. The largest absolute Gasteiger partial charge is 0.325 e. The normalized spacial score (nSPS) is 10.7. The van der Waals surface area contributed by atoms with Gasteiger partial charge in [-0.3, -0.25) is 14.6 Å². The Labute approximate surface area is 136 Å². The Kier molecular flexibility index (Phi) is 4.38. The number of amides is 1. The van der Waals surface area contributed by atoms with Crippen LogP contribution in [-0.4, -0.2) is 26.8 Å². The van der Waals surface area contributed by atoms with Gasteiger partial charge in [-0.1, -0.05) is 48.2 Å². The van der Waals surface area contributed by atoms with Crippen LogP contribution in [0.1, 0.15) is 5.69 Å². The Morgan fingerprint density at radius 2 is 1.96 bits per heavy atom. The highest BCUT2D eigenvalue weighted by molar-refractivity contribution is 7.99. The number of aryl methyl sites for hydroxylation is 1. The van der Waals surface area contributed by atoms with Gasteiger partial charge in [0.05, 0.1) is 5.75 Å². The van der Waals surface area contributed by atoms with Crippen LogP contribution in [0, 0.1) is 6.92 Å². The maximum atomic E-state index is 12.1. The van der Waals surface area contributed by atoms with Crippen molar-refractivity contribution in [2.24, 2.45) is 0 Å². The van der Waals surface area contributed by atoms with Crippen molar-refractivity contribution in [1.29, 1.82) is 0 Å². The van der Waals surface area contributed by atoms with Crippen molar-refractivity contribution in [2.75, 3.05) is 11.1 Å². The van der Waals surface area contributed by atoms with Gasteiger partial charge in [0.15, 0.2) is 5.16 Å². The van der Waals surface area contributed by atoms with E-state index in [9.17, 15) is 9.59 Å². The zero-order chi connectivity index (χ0) is 16.2. The molecule has 0 spiro atoms. The number of benzene rings is 2. The summed E-state index contributed by atoms with van der Waals surface area (Å²) in [6, 6.07) is 13.6. The molecule has 116 valence electrons. The number of hydrogen-bond acceptors (Lipinski definition) is 5. The van der Waals surface area contributed by atoms with Crippen molar-refractivity contribution in [2.45, 2.75) is 12.1 Å². The first-order valence-corrected chi connectivity index (χ1v) is 7.96. The summed E-state index contributed by atoms with van der Waals surface area (Å²) in [5, 5.41) is 12.8. The molecule has 0 atom stereocenters. The SMILES string of the molecule is Cc1nnc(SCC(=O)Nc2cccc3ccccc23)[nH]c1=O. The minimum Gasteiger partial charge on any atom is -0.325 e. The molecule has 0 unspecified atom stereocenters. The number of thioether (sulfide) groups is 1. The van der Waals surface area contributed by atoms with Crippen LogP contribution in [-0.2, 0) is 4.79 Å². The van der Waals surface area contributed by atoms with Gasteiger partial charge in [-0.2, -0.15) is 0 Å². The Morgan fingerprint density at radius 3 is 2.78 bits per heavy atom. The van der Waals surface area contributed by atoms with Crippen LogP contribution < -0.4 is 10.9 Å². The highest BCUT2D eigenvalue weighted by Gasteiger charge is 2.08. The molecule has 2 aromatic carbocycles. The highest BCUT2D eigenvalue weighted by Crippen LogP contribution is 2.23. The van der Waals surface area contributed by atoms with Crippen molar-refractivity contribution in [3.8, 4) is 0 Å². The zero-order valence-electron chi connectivity index (χ0n) is 12.4. The molecule has 0 aliphatic heterocycles. The molecule has 0 radical (unpaired) electrons. The van der Waals surface area contributed by atoms with Crippen LogP contribution >= 0.6 is 11.8 Å². The van der Waals surface area contributed by atoms with E-state index in [0.29, 0.717) is 10.9 Å². The van der Waals surface area contributed by atoms with Crippen LogP contribution in [0.15, 0.2) is 52.4 Å². The van der Waals surface area contributed by atoms with Crippen LogP contribution in [0.3, 0.4) is 0 Å². The third-order valence-corrected chi connectivity index (χ3v) is 4.11. The molecule has 0 fully saturated rings. The van der Waals surface area contributed by atoms with Gasteiger partial charge in [-0.25, -0.2) is 0 Å². The van der Waals surface area contributed by atoms with E-state index in [-0.39, 0.29) is 17.2 Å². The third kappa shape index (κ3) is 3.57. The molecule has 1 heterocycles. The van der Waals surface area contributed by atoms with Gasteiger partial charge in [0, 0.05) is 11.1 Å². The molecule has 3 rings (SSSR count). The topological polar surface area (TPSA) is 87.7 Å². The number of carbonyl (C=O) groups excluding carboxylic acids is 1. The monoisotopic (exact) mass is 326 g/mol. The lowest BCUT2D eigenvalue weighted by Gasteiger charge is -2.08. The van der Waals surface area contributed by atoms with Crippen molar-refractivity contribution in [3.05, 3.63) is 58.5 Å². The van der Waals surface area contributed by atoms with Crippen molar-refractivity contribution in [1.82, 2.24) is 15.2 Å². The number of aromatic nitrogens is 3. The van der Waals surface area contributed by atoms with Crippen LogP contribution in [0.2, 0.25) is 0 Å². The highest BCUT2D eigenvalue weighted by atomic mass is 32.2. The van der Waals surface area contributed by atoms with E-state index in [1.807, 2.05) is 42.5 Å². The Balaban J connectivity index is 1.69. The Morgan fingerprint density at radius 1 is 1.17 bits per heavy atom. The van der Waals surface area contributed by atoms with Crippen molar-refractivity contribution in [3.63, 3.8) is 0 Å². The lowest BCUT2D eigenvalue weighted by molar-refractivity contribution is -0.113. The van der Waals surface area contributed by atoms with E-state index in [4.69, 9.17) is 0 Å². The molecule has 1 aromatic heterocycles. The van der Waals surface area contributed by atoms with Crippen LogP contribution in [0.25, 0.3) is 10.8 Å². The predicted octanol–water partition coefficient (Wildman–Crippen LogP) is 2.36. The Bertz CT molecular complexity index is 918. The second-order valence-corrected chi connectivity index (χ2v) is 5.87. The van der Waals surface area contributed by atoms with E-state index in [0.717, 1.165) is 28.2 Å². The average molecular weight is 326 g/mol. The minimum absolute atomic E-state index is 0.136. The van der Waals surface area contributed by atoms with Gasteiger partial charge in [-0.15, -0.1) is 10.2 Å². The standard InChI is InChI=1S/C16H14N4O2S/c1-10-15(22)18-16(20-19-10)23-9-14(21)17-13-8-4-6-11-5-2-3-7-12(11)13/h2-8H,9H2,1H3,(H,17,21)(H,18,20,22). The summed E-state index contributed by atoms with van der Waals surface area (Å²) in [4.78, 5) is 26.1. The van der Waals surface area contributed by atoms with E-state index in [1.54, 1.807) is 6.92 Å². The molecule has 0 bridgehead atoms. The number of hydrogen-bond donors (Lipinski definition) is 2. The van der Waals surface area contributed by atoms with Gasteiger partial charge in [0.2, 0.25) is 5.91 Å².